The third-order valence-electron chi connectivity index (χ3n) is 3.86. The van der Waals surface area contributed by atoms with Crippen molar-refractivity contribution in [1.29, 1.82) is 0 Å². The fraction of sp³-hybridized carbons (Fsp3) is 0.267. The summed E-state index contributed by atoms with van der Waals surface area (Å²) in [5, 5.41) is 18.6. The number of oxime groups is 1. The molecule has 1 saturated heterocycles. The Kier molecular flexibility index (Phi) is 6.31. The molecule has 2 aliphatic heterocycles. The average Bonchev–Trinajstić information content (AvgIpc) is 3.16. The lowest BCUT2D eigenvalue weighted by molar-refractivity contribution is -0.150. The molecule has 0 bridgehead atoms. The number of carbonyl (C=O) groups excluding carboxylic acids is 4. The van der Waals surface area contributed by atoms with Gasteiger partial charge in [0.25, 0.3) is 17.7 Å². The summed E-state index contributed by atoms with van der Waals surface area (Å²) in [5.41, 5.74) is 4.50. The number of amides is 4. The van der Waals surface area contributed by atoms with Crippen molar-refractivity contribution in [1.82, 2.24) is 15.2 Å². The number of hydrogen-bond acceptors (Lipinski definition) is 10. The van der Waals surface area contributed by atoms with E-state index < -0.39 is 41.7 Å². The van der Waals surface area contributed by atoms with Gasteiger partial charge in [0, 0.05) is 11.1 Å². The molecule has 3 heterocycles. The van der Waals surface area contributed by atoms with Gasteiger partial charge in [-0.15, -0.1) is 23.1 Å². The Morgan fingerprint density at radius 3 is 2.90 bits per heavy atom. The highest BCUT2D eigenvalue weighted by atomic mass is 32.2. The number of nitrogens with two attached hydrogens (primary N) is 1. The molecule has 1 fully saturated rings. The summed E-state index contributed by atoms with van der Waals surface area (Å²) in [5.74, 6) is -3.13. The molecule has 158 valence electrons. The standard InChI is InChI=1S/C15H14N6O7S2/c16-8(23)3-28-20-9(6-4-30-15(18-6)17-5-22)11(24)19-10-12(25)21-7(14(26)27)1-2-29-13(10)21/h1,4-5,10,13H,2-3H2,(H2,16,23)(H,19,24)(H,26,27)(H,17,18,22)/t10?,13-/m1/s1. The molecule has 1 aromatic heterocycles. The third kappa shape index (κ3) is 4.25. The number of rotatable bonds is 9. The quantitative estimate of drug-likeness (QED) is 0.145. The van der Waals surface area contributed by atoms with E-state index in [-0.39, 0.29) is 22.2 Å². The van der Waals surface area contributed by atoms with Crippen LogP contribution in [0.25, 0.3) is 0 Å². The van der Waals surface area contributed by atoms with E-state index in [0.717, 1.165) is 16.2 Å². The normalized spacial score (nSPS) is 20.4. The van der Waals surface area contributed by atoms with Gasteiger partial charge < -0.3 is 26.3 Å². The largest absolute Gasteiger partial charge is 0.477 e. The van der Waals surface area contributed by atoms with Crippen LogP contribution >= 0.6 is 23.1 Å². The van der Waals surface area contributed by atoms with Crippen LogP contribution in [0.5, 0.6) is 0 Å². The molecule has 1 unspecified atom stereocenters. The minimum absolute atomic E-state index is 0.0253. The molecule has 3 rings (SSSR count). The molecule has 0 aromatic carbocycles. The Labute approximate surface area is 176 Å². The molecule has 15 heteroatoms. The SMILES string of the molecule is NC(=O)CON=C(C(=O)NC1C(=O)N2C(C(=O)O)=CCS[C@H]12)c1csc(NC=O)n1. The zero-order valence-corrected chi connectivity index (χ0v) is 16.6. The van der Waals surface area contributed by atoms with Gasteiger partial charge in [-0.3, -0.25) is 24.1 Å². The van der Waals surface area contributed by atoms with Crippen molar-refractivity contribution in [3.05, 3.63) is 22.8 Å². The highest BCUT2D eigenvalue weighted by Crippen LogP contribution is 2.37. The fourth-order valence-electron chi connectivity index (χ4n) is 2.61. The summed E-state index contributed by atoms with van der Waals surface area (Å²) in [6.07, 6.45) is 1.82. The predicted octanol–water partition coefficient (Wildman–Crippen LogP) is -1.71. The maximum absolute atomic E-state index is 12.8. The number of thiazole rings is 1. The van der Waals surface area contributed by atoms with Gasteiger partial charge in [0.1, 0.15) is 22.8 Å². The number of nitrogens with one attached hydrogen (secondary N) is 2. The molecule has 13 nitrogen and oxygen atoms in total. The van der Waals surface area contributed by atoms with Gasteiger partial charge in [-0.1, -0.05) is 5.16 Å². The maximum atomic E-state index is 12.8. The van der Waals surface area contributed by atoms with Crippen molar-refractivity contribution in [3.63, 3.8) is 0 Å². The number of carbonyl (C=O) groups is 5. The molecule has 30 heavy (non-hydrogen) atoms. The number of primary amides is 1. The first-order valence-electron chi connectivity index (χ1n) is 8.16. The Hall–Kier alpha value is -3.46. The summed E-state index contributed by atoms with van der Waals surface area (Å²) in [6, 6.07) is -0.988. The Morgan fingerprint density at radius 1 is 1.47 bits per heavy atom. The maximum Gasteiger partial charge on any atom is 0.352 e. The van der Waals surface area contributed by atoms with E-state index in [9.17, 15) is 29.1 Å². The lowest BCUT2D eigenvalue weighted by Crippen LogP contribution is -2.70. The van der Waals surface area contributed by atoms with Crippen molar-refractivity contribution in [2.75, 3.05) is 17.7 Å². The van der Waals surface area contributed by atoms with Crippen LogP contribution in [0.2, 0.25) is 0 Å². The number of hydrogen-bond donors (Lipinski definition) is 4. The number of nitrogens with zero attached hydrogens (tertiary/aromatic N) is 3. The zero-order chi connectivity index (χ0) is 21.8. The molecule has 1 aromatic rings. The van der Waals surface area contributed by atoms with Gasteiger partial charge in [-0.2, -0.15) is 0 Å². The monoisotopic (exact) mass is 454 g/mol. The van der Waals surface area contributed by atoms with E-state index in [2.05, 4.69) is 20.8 Å². The molecule has 0 aliphatic carbocycles. The molecular weight excluding hydrogens is 440 g/mol. The fourth-order valence-corrected chi connectivity index (χ4v) is 4.46. The van der Waals surface area contributed by atoms with Crippen LogP contribution in [0, 0.1) is 0 Å². The molecule has 0 saturated carbocycles. The molecule has 5 N–H and O–H groups in total. The molecule has 0 radical (unpaired) electrons. The number of β-lactam (4-membered cyclic amide) rings is 1. The summed E-state index contributed by atoms with van der Waals surface area (Å²) < 4.78 is 0. The van der Waals surface area contributed by atoms with Crippen LogP contribution in [-0.4, -0.2) is 74.6 Å². The number of aliphatic carboxylic acids is 1. The lowest BCUT2D eigenvalue weighted by atomic mass is 10.0. The van der Waals surface area contributed by atoms with Gasteiger partial charge in [0.2, 0.25) is 6.41 Å². The van der Waals surface area contributed by atoms with Crippen LogP contribution < -0.4 is 16.4 Å². The number of aromatic nitrogens is 1. The topological polar surface area (TPSA) is 193 Å². The third-order valence-corrected chi connectivity index (χ3v) is 5.82. The number of fused-ring (bicyclic) bond motifs is 1. The number of anilines is 1. The van der Waals surface area contributed by atoms with Crippen molar-refractivity contribution in [2.45, 2.75) is 11.4 Å². The van der Waals surface area contributed by atoms with E-state index in [0.29, 0.717) is 12.2 Å². The van der Waals surface area contributed by atoms with Crippen LogP contribution in [0.15, 0.2) is 22.3 Å². The Morgan fingerprint density at radius 2 is 2.23 bits per heavy atom. The van der Waals surface area contributed by atoms with E-state index in [1.807, 2.05) is 0 Å². The van der Waals surface area contributed by atoms with Crippen molar-refractivity contribution in [2.24, 2.45) is 10.9 Å². The van der Waals surface area contributed by atoms with E-state index in [4.69, 9.17) is 10.6 Å². The Balaban J connectivity index is 1.77. The first kappa shape index (κ1) is 21.3. The van der Waals surface area contributed by atoms with Gasteiger partial charge >= 0.3 is 5.97 Å². The summed E-state index contributed by atoms with van der Waals surface area (Å²) in [6.45, 7) is -0.595. The lowest BCUT2D eigenvalue weighted by Gasteiger charge is -2.48. The highest BCUT2D eigenvalue weighted by molar-refractivity contribution is 8.00. The highest BCUT2D eigenvalue weighted by Gasteiger charge is 2.53. The van der Waals surface area contributed by atoms with Crippen LogP contribution in [0.4, 0.5) is 5.13 Å². The first-order chi connectivity index (χ1) is 14.3. The number of carboxylic acid groups (broad SMARTS) is 1. The van der Waals surface area contributed by atoms with Gasteiger partial charge in [-0.25, -0.2) is 9.78 Å². The Bertz CT molecular complexity index is 974. The molecule has 2 aliphatic rings. The minimum atomic E-state index is -1.24. The average molecular weight is 454 g/mol. The van der Waals surface area contributed by atoms with Crippen LogP contribution in [0.3, 0.4) is 0 Å². The second kappa shape index (κ2) is 8.91. The summed E-state index contributed by atoms with van der Waals surface area (Å²) in [4.78, 5) is 67.7. The molecule has 0 spiro atoms. The van der Waals surface area contributed by atoms with Crippen LogP contribution in [-0.2, 0) is 28.8 Å². The van der Waals surface area contributed by atoms with E-state index in [1.165, 1.54) is 23.2 Å². The van der Waals surface area contributed by atoms with Crippen molar-refractivity contribution >= 4 is 64.0 Å². The van der Waals surface area contributed by atoms with Crippen LogP contribution in [0.1, 0.15) is 5.69 Å². The molecular formula is C15H14N6O7S2. The van der Waals surface area contributed by atoms with E-state index in [1.54, 1.807) is 0 Å². The van der Waals surface area contributed by atoms with Crippen molar-refractivity contribution in [3.8, 4) is 0 Å². The summed E-state index contributed by atoms with van der Waals surface area (Å²) in [7, 11) is 0. The molecule has 2 atom stereocenters. The van der Waals surface area contributed by atoms with Crippen molar-refractivity contribution < 1.29 is 33.9 Å². The van der Waals surface area contributed by atoms with E-state index >= 15 is 0 Å². The zero-order valence-electron chi connectivity index (χ0n) is 14.9. The summed E-state index contributed by atoms with van der Waals surface area (Å²) >= 11 is 2.29. The first-order valence-corrected chi connectivity index (χ1v) is 10.1. The second-order valence-corrected chi connectivity index (χ2v) is 7.77. The smallest absolute Gasteiger partial charge is 0.352 e. The number of carboxylic acids is 1. The molecule has 4 amide bonds. The predicted molar refractivity (Wildman–Crippen MR) is 104 cm³/mol. The van der Waals surface area contributed by atoms with Gasteiger partial charge in [0.15, 0.2) is 17.5 Å². The van der Waals surface area contributed by atoms with Gasteiger partial charge in [0.05, 0.1) is 0 Å². The second-order valence-electron chi connectivity index (χ2n) is 5.76. The van der Waals surface area contributed by atoms with Gasteiger partial charge in [-0.05, 0) is 6.08 Å². The number of thioether (sulfide) groups is 1. The minimum Gasteiger partial charge on any atom is -0.477 e.